The van der Waals surface area contributed by atoms with E-state index in [0.29, 0.717) is 24.7 Å². The van der Waals surface area contributed by atoms with Gasteiger partial charge in [-0.3, -0.25) is 0 Å². The van der Waals surface area contributed by atoms with E-state index < -0.39 is 0 Å². The molecule has 4 heteroatoms. The first-order valence-electron chi connectivity index (χ1n) is 5.78. The van der Waals surface area contributed by atoms with Crippen molar-refractivity contribution in [2.24, 2.45) is 0 Å². The summed E-state index contributed by atoms with van der Waals surface area (Å²) in [4.78, 5) is 4.22. The predicted octanol–water partition coefficient (Wildman–Crippen LogP) is 2.38. The van der Waals surface area contributed by atoms with E-state index in [4.69, 9.17) is 14.7 Å². The number of hydrogen-bond acceptors (Lipinski definition) is 4. The van der Waals surface area contributed by atoms with Gasteiger partial charge in [-0.25, -0.2) is 4.98 Å². The maximum absolute atomic E-state index is 9.03. The second kappa shape index (κ2) is 6.87. The van der Waals surface area contributed by atoms with E-state index in [-0.39, 0.29) is 0 Å². The fourth-order valence-electron chi connectivity index (χ4n) is 1.49. The van der Waals surface area contributed by atoms with Gasteiger partial charge < -0.3 is 9.47 Å². The molecular formula is C13H18N2O2. The summed E-state index contributed by atoms with van der Waals surface area (Å²) < 4.78 is 10.8. The summed E-state index contributed by atoms with van der Waals surface area (Å²) in [5, 5.41) is 9.03. The normalized spacial score (nSPS) is 10.0. The summed E-state index contributed by atoms with van der Waals surface area (Å²) in [7, 11) is 0. The lowest BCUT2D eigenvalue weighted by Gasteiger charge is -2.09. The third kappa shape index (κ3) is 4.04. The molecule has 0 bridgehead atoms. The summed E-state index contributed by atoms with van der Waals surface area (Å²) in [6.45, 7) is 7.50. The smallest absolute Gasteiger partial charge is 0.232 e. The molecule has 1 heterocycles. The number of rotatable bonds is 6. The van der Waals surface area contributed by atoms with Gasteiger partial charge in [0.25, 0.3) is 0 Å². The number of aryl methyl sites for hydroxylation is 2. The average molecular weight is 234 g/mol. The highest BCUT2D eigenvalue weighted by Gasteiger charge is 2.09. The van der Waals surface area contributed by atoms with Gasteiger partial charge in [-0.15, -0.1) is 0 Å². The highest BCUT2D eigenvalue weighted by molar-refractivity contribution is 5.45. The molecule has 0 spiro atoms. The zero-order chi connectivity index (χ0) is 12.7. The lowest BCUT2D eigenvalue weighted by atomic mass is 10.1. The molecule has 0 aliphatic heterocycles. The van der Waals surface area contributed by atoms with Gasteiger partial charge in [0.15, 0.2) is 0 Å². The van der Waals surface area contributed by atoms with Gasteiger partial charge in [-0.1, -0.05) is 6.92 Å². The minimum Gasteiger partial charge on any atom is -0.474 e. The van der Waals surface area contributed by atoms with Crippen molar-refractivity contribution in [2.45, 2.75) is 27.2 Å². The molecule has 1 rings (SSSR count). The molecule has 0 aliphatic rings. The first kappa shape index (κ1) is 13.5. The van der Waals surface area contributed by atoms with E-state index in [2.05, 4.69) is 18.0 Å². The molecule has 0 atom stereocenters. The van der Waals surface area contributed by atoms with Gasteiger partial charge in [-0.2, -0.15) is 5.26 Å². The summed E-state index contributed by atoms with van der Waals surface area (Å²) >= 11 is 0. The van der Waals surface area contributed by atoms with E-state index in [9.17, 15) is 0 Å². The molecule has 1 aromatic rings. The van der Waals surface area contributed by atoms with Crippen molar-refractivity contribution in [1.82, 2.24) is 4.98 Å². The van der Waals surface area contributed by atoms with Gasteiger partial charge in [0.05, 0.1) is 6.61 Å². The Morgan fingerprint density at radius 3 is 2.71 bits per heavy atom. The van der Waals surface area contributed by atoms with Crippen LogP contribution in [0.3, 0.4) is 0 Å². The Labute approximate surface area is 102 Å². The molecule has 0 saturated heterocycles. The monoisotopic (exact) mass is 234 g/mol. The summed E-state index contributed by atoms with van der Waals surface area (Å²) in [5.74, 6) is 0.407. The summed E-state index contributed by atoms with van der Waals surface area (Å²) in [6.07, 6.45) is 0.991. The molecule has 0 saturated carbocycles. The number of hydrogen-bond donors (Lipinski definition) is 0. The highest BCUT2D eigenvalue weighted by Crippen LogP contribution is 2.19. The molecule has 1 aromatic heterocycles. The largest absolute Gasteiger partial charge is 0.474 e. The third-order valence-electron chi connectivity index (χ3n) is 2.24. The van der Waals surface area contributed by atoms with Crippen molar-refractivity contribution < 1.29 is 9.47 Å². The molecule has 0 unspecified atom stereocenters. The van der Waals surface area contributed by atoms with Gasteiger partial charge in [0, 0.05) is 12.3 Å². The van der Waals surface area contributed by atoms with Crippen molar-refractivity contribution in [3.8, 4) is 11.9 Å². The summed E-state index contributed by atoms with van der Waals surface area (Å²) in [5.41, 5.74) is 2.25. The second-order valence-electron chi connectivity index (χ2n) is 3.83. The topological polar surface area (TPSA) is 55.1 Å². The minimum atomic E-state index is 0.407. The van der Waals surface area contributed by atoms with E-state index in [0.717, 1.165) is 24.3 Å². The lowest BCUT2D eigenvalue weighted by Crippen LogP contribution is -2.09. The standard InChI is InChI=1S/C13H18N2O2/c1-4-5-16-6-7-17-13-12(9-14)10(2)8-11(3)15-13/h8H,4-7H2,1-3H3. The average Bonchev–Trinajstić information content (AvgIpc) is 2.28. The quantitative estimate of drug-likeness (QED) is 0.709. The molecular weight excluding hydrogens is 216 g/mol. The van der Waals surface area contributed by atoms with Crippen LogP contribution in [0.15, 0.2) is 6.07 Å². The molecule has 0 aromatic carbocycles. The van der Waals surface area contributed by atoms with Crippen LogP contribution in [0.5, 0.6) is 5.88 Å². The lowest BCUT2D eigenvalue weighted by molar-refractivity contribution is 0.0988. The number of nitriles is 1. The maximum Gasteiger partial charge on any atom is 0.232 e. The van der Waals surface area contributed by atoms with Crippen LogP contribution in [0.2, 0.25) is 0 Å². The van der Waals surface area contributed by atoms with Gasteiger partial charge in [0.1, 0.15) is 18.2 Å². The summed E-state index contributed by atoms with van der Waals surface area (Å²) in [6, 6.07) is 3.99. The van der Waals surface area contributed by atoms with Crippen molar-refractivity contribution in [3.63, 3.8) is 0 Å². The Morgan fingerprint density at radius 2 is 2.06 bits per heavy atom. The van der Waals surface area contributed by atoms with Crippen molar-refractivity contribution in [3.05, 3.63) is 22.9 Å². The first-order chi connectivity index (χ1) is 8.19. The SMILES string of the molecule is CCCOCCOc1nc(C)cc(C)c1C#N. The number of aromatic nitrogens is 1. The Hall–Kier alpha value is -1.60. The zero-order valence-corrected chi connectivity index (χ0v) is 10.6. The minimum absolute atomic E-state index is 0.407. The van der Waals surface area contributed by atoms with Crippen LogP contribution in [-0.2, 0) is 4.74 Å². The highest BCUT2D eigenvalue weighted by atomic mass is 16.5. The number of nitrogens with zero attached hydrogens (tertiary/aromatic N) is 2. The van der Waals surface area contributed by atoms with Crippen LogP contribution in [0, 0.1) is 25.2 Å². The molecule has 0 fully saturated rings. The van der Waals surface area contributed by atoms with Gasteiger partial charge >= 0.3 is 0 Å². The Kier molecular flexibility index (Phi) is 5.44. The van der Waals surface area contributed by atoms with Crippen LogP contribution in [-0.4, -0.2) is 24.8 Å². The van der Waals surface area contributed by atoms with Crippen molar-refractivity contribution in [1.29, 1.82) is 5.26 Å². The van der Waals surface area contributed by atoms with Crippen LogP contribution in [0.1, 0.15) is 30.2 Å². The van der Waals surface area contributed by atoms with Gasteiger partial charge in [-0.05, 0) is 31.9 Å². The Morgan fingerprint density at radius 1 is 1.29 bits per heavy atom. The fourth-order valence-corrected chi connectivity index (χ4v) is 1.49. The van der Waals surface area contributed by atoms with Crippen LogP contribution >= 0.6 is 0 Å². The fraction of sp³-hybridized carbons (Fsp3) is 0.538. The van der Waals surface area contributed by atoms with Crippen LogP contribution in [0.25, 0.3) is 0 Å². The third-order valence-corrected chi connectivity index (χ3v) is 2.24. The van der Waals surface area contributed by atoms with Crippen molar-refractivity contribution >= 4 is 0 Å². The molecule has 0 N–H and O–H groups in total. The molecule has 0 aliphatic carbocycles. The molecule has 4 nitrogen and oxygen atoms in total. The molecule has 0 amide bonds. The van der Waals surface area contributed by atoms with E-state index >= 15 is 0 Å². The van der Waals surface area contributed by atoms with E-state index in [1.807, 2.05) is 19.9 Å². The number of ether oxygens (including phenoxy) is 2. The second-order valence-corrected chi connectivity index (χ2v) is 3.83. The van der Waals surface area contributed by atoms with Crippen LogP contribution < -0.4 is 4.74 Å². The molecule has 0 radical (unpaired) electrons. The Bertz CT molecular complexity index is 411. The maximum atomic E-state index is 9.03. The number of pyridine rings is 1. The van der Waals surface area contributed by atoms with E-state index in [1.165, 1.54) is 0 Å². The van der Waals surface area contributed by atoms with Gasteiger partial charge in [0.2, 0.25) is 5.88 Å². The van der Waals surface area contributed by atoms with E-state index in [1.54, 1.807) is 0 Å². The molecule has 17 heavy (non-hydrogen) atoms. The van der Waals surface area contributed by atoms with Crippen LogP contribution in [0.4, 0.5) is 0 Å². The predicted molar refractivity (Wildman–Crippen MR) is 65.0 cm³/mol. The van der Waals surface area contributed by atoms with Crippen molar-refractivity contribution in [2.75, 3.05) is 19.8 Å². The molecule has 92 valence electrons. The zero-order valence-electron chi connectivity index (χ0n) is 10.6. The first-order valence-corrected chi connectivity index (χ1v) is 5.78. The Balaban J connectivity index is 2.61.